The second kappa shape index (κ2) is 7.62. The molecule has 4 aromatic carbocycles. The molecule has 3 heteroatoms. The Kier molecular flexibility index (Phi) is 4.64. The summed E-state index contributed by atoms with van der Waals surface area (Å²) in [4.78, 5) is 11.5. The summed E-state index contributed by atoms with van der Waals surface area (Å²) < 4.78 is 12.0. The van der Waals surface area contributed by atoms with Gasteiger partial charge in [0.15, 0.2) is 5.60 Å². The minimum atomic E-state index is -0.706. The lowest BCUT2D eigenvalue weighted by Gasteiger charge is -2.36. The number of fused-ring (bicyclic) bond motifs is 3. The summed E-state index contributed by atoms with van der Waals surface area (Å²) in [7, 11) is 0. The third-order valence-electron chi connectivity index (χ3n) is 5.54. The number of carbonyl (C=O) groups is 1. The summed E-state index contributed by atoms with van der Waals surface area (Å²) >= 11 is 0. The van der Waals surface area contributed by atoms with E-state index in [2.05, 4.69) is 43.0 Å². The fourth-order valence-electron chi connectivity index (χ4n) is 4.05. The van der Waals surface area contributed by atoms with Gasteiger partial charge < -0.3 is 9.47 Å². The Hall–Kier alpha value is -4.11. The van der Waals surface area contributed by atoms with Crippen molar-refractivity contribution < 1.29 is 14.3 Å². The molecular weight excluding hydrogens is 384 g/mol. The fraction of sp³-hybridized carbons (Fsp3) is 0.0357. The van der Waals surface area contributed by atoms with Crippen molar-refractivity contribution in [2.75, 3.05) is 0 Å². The Morgan fingerprint density at radius 1 is 0.871 bits per heavy atom. The normalized spacial score (nSPS) is 13.8. The highest BCUT2D eigenvalue weighted by atomic mass is 16.5. The Balaban J connectivity index is 1.62. The maximum absolute atomic E-state index is 11.5. The number of benzene rings is 4. The van der Waals surface area contributed by atoms with Crippen molar-refractivity contribution >= 4 is 22.8 Å². The van der Waals surface area contributed by atoms with Gasteiger partial charge in [0.1, 0.15) is 11.5 Å². The molecule has 1 aliphatic rings. The summed E-state index contributed by atoms with van der Waals surface area (Å²) in [5.74, 6) is 0.815. The third kappa shape index (κ3) is 3.30. The van der Waals surface area contributed by atoms with Gasteiger partial charge in [0.2, 0.25) is 0 Å². The molecule has 0 atom stereocenters. The van der Waals surface area contributed by atoms with Gasteiger partial charge in [-0.05, 0) is 47.2 Å². The lowest BCUT2D eigenvalue weighted by atomic mass is 9.83. The van der Waals surface area contributed by atoms with Crippen LogP contribution in [0.3, 0.4) is 0 Å². The van der Waals surface area contributed by atoms with E-state index in [9.17, 15) is 4.79 Å². The lowest BCUT2D eigenvalue weighted by molar-refractivity contribution is -0.128. The van der Waals surface area contributed by atoms with Gasteiger partial charge in [0.05, 0.1) is 0 Å². The fourth-order valence-corrected chi connectivity index (χ4v) is 4.05. The standard InChI is InChI=1S/C28H20O3/c1-2-27(29)30-23-14-15-24-20(19-23)13-16-26-25(24)17-18-28(31-26,21-9-5-3-6-10-21)22-11-7-4-8-12-22/h2-19H,1H2. The molecule has 1 heterocycles. The molecule has 150 valence electrons. The van der Waals surface area contributed by atoms with Crippen molar-refractivity contribution in [2.24, 2.45) is 0 Å². The number of hydrogen-bond acceptors (Lipinski definition) is 3. The van der Waals surface area contributed by atoms with Gasteiger partial charge in [-0.2, -0.15) is 0 Å². The first kappa shape index (κ1) is 18.9. The molecule has 31 heavy (non-hydrogen) atoms. The van der Waals surface area contributed by atoms with E-state index in [4.69, 9.17) is 9.47 Å². The molecule has 0 aliphatic carbocycles. The van der Waals surface area contributed by atoms with Gasteiger partial charge in [0.25, 0.3) is 0 Å². The zero-order chi connectivity index (χ0) is 21.3. The highest BCUT2D eigenvalue weighted by Crippen LogP contribution is 2.44. The van der Waals surface area contributed by atoms with E-state index in [1.807, 2.05) is 60.7 Å². The molecule has 0 amide bonds. The Morgan fingerprint density at radius 2 is 1.55 bits per heavy atom. The Morgan fingerprint density at radius 3 is 2.19 bits per heavy atom. The van der Waals surface area contributed by atoms with Crippen molar-refractivity contribution in [3.05, 3.63) is 126 Å². The van der Waals surface area contributed by atoms with Gasteiger partial charge in [0, 0.05) is 22.8 Å². The van der Waals surface area contributed by atoms with Crippen molar-refractivity contribution in [3.8, 4) is 11.5 Å². The molecule has 4 aromatic rings. The zero-order valence-corrected chi connectivity index (χ0v) is 16.8. The first-order chi connectivity index (χ1) is 15.2. The van der Waals surface area contributed by atoms with Crippen LogP contribution >= 0.6 is 0 Å². The smallest absolute Gasteiger partial charge is 0.335 e. The summed E-state index contributed by atoms with van der Waals surface area (Å²) in [5.41, 5.74) is 2.43. The maximum atomic E-state index is 11.5. The number of ether oxygens (including phenoxy) is 2. The minimum Gasteiger partial charge on any atom is -0.473 e. The maximum Gasteiger partial charge on any atom is 0.335 e. The van der Waals surface area contributed by atoms with E-state index < -0.39 is 11.6 Å². The van der Waals surface area contributed by atoms with Crippen LogP contribution in [0.2, 0.25) is 0 Å². The second-order valence-corrected chi connectivity index (χ2v) is 7.39. The zero-order valence-electron chi connectivity index (χ0n) is 16.8. The van der Waals surface area contributed by atoms with Crippen LogP contribution < -0.4 is 9.47 Å². The molecule has 0 radical (unpaired) electrons. The van der Waals surface area contributed by atoms with Crippen molar-refractivity contribution in [1.29, 1.82) is 0 Å². The molecule has 0 aromatic heterocycles. The van der Waals surface area contributed by atoms with Gasteiger partial charge >= 0.3 is 5.97 Å². The van der Waals surface area contributed by atoms with Crippen LogP contribution in [0.25, 0.3) is 16.8 Å². The van der Waals surface area contributed by atoms with Crippen molar-refractivity contribution in [1.82, 2.24) is 0 Å². The number of hydrogen-bond donors (Lipinski definition) is 0. The first-order valence-electron chi connectivity index (χ1n) is 10.1. The van der Waals surface area contributed by atoms with Crippen LogP contribution in [-0.4, -0.2) is 5.97 Å². The highest BCUT2D eigenvalue weighted by Gasteiger charge is 2.37. The quantitative estimate of drug-likeness (QED) is 0.228. The average molecular weight is 404 g/mol. The van der Waals surface area contributed by atoms with Crippen molar-refractivity contribution in [3.63, 3.8) is 0 Å². The molecule has 0 saturated carbocycles. The summed E-state index contributed by atoms with van der Waals surface area (Å²) in [6.07, 6.45) is 5.39. The van der Waals surface area contributed by atoms with Crippen LogP contribution in [-0.2, 0) is 10.4 Å². The molecule has 3 nitrogen and oxygen atoms in total. The van der Waals surface area contributed by atoms with Gasteiger partial charge in [-0.25, -0.2) is 4.79 Å². The molecule has 0 spiro atoms. The van der Waals surface area contributed by atoms with E-state index in [0.717, 1.165) is 39.3 Å². The van der Waals surface area contributed by atoms with Crippen LogP contribution in [0.5, 0.6) is 11.5 Å². The molecule has 0 bridgehead atoms. The third-order valence-corrected chi connectivity index (χ3v) is 5.54. The van der Waals surface area contributed by atoms with E-state index in [1.54, 1.807) is 6.07 Å². The van der Waals surface area contributed by atoms with E-state index in [-0.39, 0.29) is 0 Å². The predicted octanol–water partition coefficient (Wildman–Crippen LogP) is 6.28. The molecular formula is C28H20O3. The second-order valence-electron chi connectivity index (χ2n) is 7.39. The SMILES string of the molecule is C=CC(=O)Oc1ccc2c3c(ccc2c1)OC(c1ccccc1)(c1ccccc1)C=C3. The molecule has 0 unspecified atom stereocenters. The average Bonchev–Trinajstić information content (AvgIpc) is 2.84. The first-order valence-corrected chi connectivity index (χ1v) is 10.1. The summed E-state index contributed by atoms with van der Waals surface area (Å²) in [5, 5.41) is 2.00. The van der Waals surface area contributed by atoms with E-state index in [0.29, 0.717) is 5.75 Å². The van der Waals surface area contributed by atoms with Crippen LogP contribution in [0, 0.1) is 0 Å². The molecule has 0 N–H and O–H groups in total. The Labute approximate surface area is 180 Å². The molecule has 0 fully saturated rings. The van der Waals surface area contributed by atoms with Crippen LogP contribution in [0.4, 0.5) is 0 Å². The van der Waals surface area contributed by atoms with Gasteiger partial charge in [-0.3, -0.25) is 0 Å². The summed E-state index contributed by atoms with van der Waals surface area (Å²) in [6.45, 7) is 3.44. The largest absolute Gasteiger partial charge is 0.473 e. The van der Waals surface area contributed by atoms with E-state index >= 15 is 0 Å². The van der Waals surface area contributed by atoms with Crippen LogP contribution in [0.15, 0.2) is 110 Å². The van der Waals surface area contributed by atoms with E-state index in [1.165, 1.54) is 0 Å². The van der Waals surface area contributed by atoms with Gasteiger partial charge in [-0.1, -0.05) is 73.3 Å². The van der Waals surface area contributed by atoms with Gasteiger partial charge in [-0.15, -0.1) is 0 Å². The lowest BCUT2D eigenvalue weighted by Crippen LogP contribution is -2.34. The Bertz CT molecular complexity index is 1260. The monoisotopic (exact) mass is 404 g/mol. The molecule has 5 rings (SSSR count). The number of carbonyl (C=O) groups excluding carboxylic acids is 1. The molecule has 0 saturated heterocycles. The number of rotatable bonds is 4. The predicted molar refractivity (Wildman–Crippen MR) is 123 cm³/mol. The summed E-state index contributed by atoms with van der Waals surface area (Å²) in [6, 6.07) is 30.0. The van der Waals surface area contributed by atoms with Crippen molar-refractivity contribution in [2.45, 2.75) is 5.60 Å². The highest BCUT2D eigenvalue weighted by molar-refractivity contribution is 5.95. The number of esters is 1. The topological polar surface area (TPSA) is 35.5 Å². The minimum absolute atomic E-state index is 0.476. The molecule has 1 aliphatic heterocycles. The van der Waals surface area contributed by atoms with Crippen LogP contribution in [0.1, 0.15) is 16.7 Å².